The molecule has 0 unspecified atom stereocenters. The van der Waals surface area contributed by atoms with E-state index in [0.29, 0.717) is 5.71 Å². The van der Waals surface area contributed by atoms with E-state index in [0.717, 1.165) is 29.7 Å². The van der Waals surface area contributed by atoms with E-state index >= 15 is 0 Å². The van der Waals surface area contributed by atoms with Crippen LogP contribution in [-0.2, 0) is 0 Å². The Bertz CT molecular complexity index is 479. The summed E-state index contributed by atoms with van der Waals surface area (Å²) in [5.41, 5.74) is 3.12. The normalized spacial score (nSPS) is 11.6. The fraction of sp³-hybridized carbons (Fsp3) is 0.357. The van der Waals surface area contributed by atoms with Gasteiger partial charge in [-0.3, -0.25) is 0 Å². The molecule has 4 nitrogen and oxygen atoms in total. The first-order valence-corrected chi connectivity index (χ1v) is 5.89. The van der Waals surface area contributed by atoms with Gasteiger partial charge in [0.15, 0.2) is 11.5 Å². The Morgan fingerprint density at radius 1 is 1.33 bits per heavy atom. The third kappa shape index (κ3) is 3.60. The maximum absolute atomic E-state index is 9.51. The Morgan fingerprint density at radius 2 is 1.94 bits per heavy atom. The topological polar surface area (TPSA) is 76.3 Å². The Balaban J connectivity index is 3.11. The molecule has 0 spiro atoms. The molecule has 0 aliphatic rings. The largest absolute Gasteiger partial charge is 0.504 e. The molecular formula is C14H20N2O2. The van der Waals surface area contributed by atoms with E-state index in [2.05, 4.69) is 5.32 Å². The van der Waals surface area contributed by atoms with Gasteiger partial charge in [0.2, 0.25) is 0 Å². The van der Waals surface area contributed by atoms with Crippen molar-refractivity contribution in [1.29, 1.82) is 5.41 Å². The van der Waals surface area contributed by atoms with Crippen molar-refractivity contribution in [3.05, 3.63) is 28.8 Å². The van der Waals surface area contributed by atoms with Crippen LogP contribution in [0.2, 0.25) is 0 Å². The molecule has 1 rings (SSSR count). The minimum Gasteiger partial charge on any atom is -0.504 e. The van der Waals surface area contributed by atoms with E-state index in [1.165, 1.54) is 12.1 Å². The molecule has 0 heterocycles. The lowest BCUT2D eigenvalue weighted by Gasteiger charge is -2.09. The second kappa shape index (κ2) is 6.21. The third-order valence-corrected chi connectivity index (χ3v) is 2.82. The first kappa shape index (κ1) is 14.3. The van der Waals surface area contributed by atoms with Gasteiger partial charge < -0.3 is 20.9 Å². The number of aromatic hydroxyl groups is 2. The molecule has 0 amide bonds. The number of phenols is 2. The molecule has 0 atom stereocenters. The molecule has 0 bridgehead atoms. The van der Waals surface area contributed by atoms with E-state index in [1.54, 1.807) is 6.92 Å². The highest BCUT2D eigenvalue weighted by Crippen LogP contribution is 2.29. The second-order valence-electron chi connectivity index (χ2n) is 4.35. The lowest BCUT2D eigenvalue weighted by molar-refractivity contribution is 0.403. The molecule has 0 fully saturated rings. The minimum absolute atomic E-state index is 0.118. The van der Waals surface area contributed by atoms with Gasteiger partial charge in [-0.2, -0.15) is 0 Å². The van der Waals surface area contributed by atoms with Crippen LogP contribution in [0.3, 0.4) is 0 Å². The number of rotatable bonds is 5. The Hall–Kier alpha value is -1.81. The summed E-state index contributed by atoms with van der Waals surface area (Å²) < 4.78 is 0. The molecule has 98 valence electrons. The van der Waals surface area contributed by atoms with Gasteiger partial charge in [-0.1, -0.05) is 0 Å². The van der Waals surface area contributed by atoms with Gasteiger partial charge in [0.1, 0.15) is 0 Å². The van der Waals surface area contributed by atoms with Gasteiger partial charge >= 0.3 is 0 Å². The fourth-order valence-corrected chi connectivity index (χ4v) is 1.67. The van der Waals surface area contributed by atoms with Gasteiger partial charge in [-0.05, 0) is 68.8 Å². The summed E-state index contributed by atoms with van der Waals surface area (Å²) in [5.74, 6) is -0.254. The zero-order chi connectivity index (χ0) is 13.7. The Labute approximate surface area is 107 Å². The molecule has 0 saturated heterocycles. The summed E-state index contributed by atoms with van der Waals surface area (Å²) in [5, 5.41) is 29.7. The first-order chi connectivity index (χ1) is 8.45. The number of aryl methyl sites for hydroxylation is 1. The summed E-state index contributed by atoms with van der Waals surface area (Å²) >= 11 is 0. The number of nitrogens with one attached hydrogen (secondary N) is 2. The van der Waals surface area contributed by atoms with Crippen LogP contribution in [0.4, 0.5) is 0 Å². The SMILES string of the molecule is CNCCC(=Cc1cc(O)c(O)cc1C)C(C)=N. The van der Waals surface area contributed by atoms with Crippen molar-refractivity contribution in [3.63, 3.8) is 0 Å². The van der Waals surface area contributed by atoms with Gasteiger partial charge in [0.05, 0.1) is 0 Å². The van der Waals surface area contributed by atoms with Crippen molar-refractivity contribution in [2.75, 3.05) is 13.6 Å². The molecule has 0 aromatic heterocycles. The van der Waals surface area contributed by atoms with Crippen molar-refractivity contribution in [2.45, 2.75) is 20.3 Å². The smallest absolute Gasteiger partial charge is 0.158 e. The quantitative estimate of drug-likeness (QED) is 0.477. The molecular weight excluding hydrogens is 228 g/mol. The standard InChI is InChI=1S/C14H20N2O2/c1-9-6-13(17)14(18)8-12(9)7-11(10(2)15)4-5-16-3/h6-8,15-18H,4-5H2,1-3H3. The summed E-state index contributed by atoms with van der Waals surface area (Å²) in [6, 6.07) is 3.04. The molecule has 0 saturated carbocycles. The highest BCUT2D eigenvalue weighted by Gasteiger charge is 2.06. The van der Waals surface area contributed by atoms with Gasteiger partial charge in [0, 0.05) is 5.71 Å². The molecule has 4 N–H and O–H groups in total. The highest BCUT2D eigenvalue weighted by molar-refractivity contribution is 6.00. The number of hydrogen-bond acceptors (Lipinski definition) is 4. The molecule has 18 heavy (non-hydrogen) atoms. The first-order valence-electron chi connectivity index (χ1n) is 5.89. The Morgan fingerprint density at radius 3 is 2.50 bits per heavy atom. The maximum atomic E-state index is 9.51. The average Bonchev–Trinajstić information content (AvgIpc) is 2.30. The van der Waals surface area contributed by atoms with Crippen LogP contribution in [0.25, 0.3) is 6.08 Å². The Kier molecular flexibility index (Phi) is 4.92. The lowest BCUT2D eigenvalue weighted by atomic mass is 10.0. The van der Waals surface area contributed by atoms with Crippen LogP contribution in [0.5, 0.6) is 11.5 Å². The highest BCUT2D eigenvalue weighted by atomic mass is 16.3. The van der Waals surface area contributed by atoms with Crippen molar-refractivity contribution in [3.8, 4) is 11.5 Å². The number of benzene rings is 1. The van der Waals surface area contributed by atoms with E-state index < -0.39 is 0 Å². The van der Waals surface area contributed by atoms with Crippen molar-refractivity contribution >= 4 is 11.8 Å². The van der Waals surface area contributed by atoms with Crippen molar-refractivity contribution < 1.29 is 10.2 Å². The van der Waals surface area contributed by atoms with E-state index in [9.17, 15) is 10.2 Å². The average molecular weight is 248 g/mol. The third-order valence-electron chi connectivity index (χ3n) is 2.82. The van der Waals surface area contributed by atoms with Gasteiger partial charge in [-0.25, -0.2) is 0 Å². The van der Waals surface area contributed by atoms with Crippen LogP contribution in [0.15, 0.2) is 17.7 Å². The zero-order valence-corrected chi connectivity index (χ0v) is 11.0. The molecule has 1 aromatic rings. The van der Waals surface area contributed by atoms with Gasteiger partial charge in [-0.15, -0.1) is 0 Å². The molecule has 0 aliphatic heterocycles. The molecule has 1 aromatic carbocycles. The predicted molar refractivity (Wildman–Crippen MR) is 74.4 cm³/mol. The summed E-state index contributed by atoms with van der Waals surface area (Å²) in [7, 11) is 1.87. The van der Waals surface area contributed by atoms with Crippen LogP contribution >= 0.6 is 0 Å². The molecule has 4 heteroatoms. The fourth-order valence-electron chi connectivity index (χ4n) is 1.67. The lowest BCUT2D eigenvalue weighted by Crippen LogP contribution is -2.10. The van der Waals surface area contributed by atoms with E-state index in [4.69, 9.17) is 5.41 Å². The van der Waals surface area contributed by atoms with Crippen LogP contribution in [0.1, 0.15) is 24.5 Å². The van der Waals surface area contributed by atoms with E-state index in [1.807, 2.05) is 20.0 Å². The van der Waals surface area contributed by atoms with Crippen LogP contribution < -0.4 is 5.32 Å². The minimum atomic E-state index is -0.137. The van der Waals surface area contributed by atoms with Crippen LogP contribution in [0, 0.1) is 12.3 Å². The summed E-state index contributed by atoms with van der Waals surface area (Å²) in [4.78, 5) is 0. The summed E-state index contributed by atoms with van der Waals surface area (Å²) in [6.07, 6.45) is 2.64. The van der Waals surface area contributed by atoms with Crippen molar-refractivity contribution in [1.82, 2.24) is 5.32 Å². The predicted octanol–water partition coefficient (Wildman–Crippen LogP) is 2.44. The van der Waals surface area contributed by atoms with Crippen LogP contribution in [-0.4, -0.2) is 29.5 Å². The monoisotopic (exact) mass is 248 g/mol. The number of phenolic OH excluding ortho intramolecular Hbond substituents is 2. The van der Waals surface area contributed by atoms with E-state index in [-0.39, 0.29) is 11.5 Å². The molecule has 0 radical (unpaired) electrons. The van der Waals surface area contributed by atoms with Crippen molar-refractivity contribution in [2.24, 2.45) is 0 Å². The summed E-state index contributed by atoms with van der Waals surface area (Å²) in [6.45, 7) is 4.40. The van der Waals surface area contributed by atoms with Gasteiger partial charge in [0.25, 0.3) is 0 Å². The zero-order valence-electron chi connectivity index (χ0n) is 11.0. The number of hydrogen-bond donors (Lipinski definition) is 4. The second-order valence-corrected chi connectivity index (χ2v) is 4.35. The molecule has 0 aliphatic carbocycles. The maximum Gasteiger partial charge on any atom is 0.158 e.